The summed E-state index contributed by atoms with van der Waals surface area (Å²) in [4.78, 5) is 20.2. The lowest BCUT2D eigenvalue weighted by molar-refractivity contribution is 0.0524. The van der Waals surface area contributed by atoms with Crippen LogP contribution in [0.25, 0.3) is 0 Å². The Morgan fingerprint density at radius 2 is 2.40 bits per heavy atom. The van der Waals surface area contributed by atoms with Crippen molar-refractivity contribution < 1.29 is 9.53 Å². The minimum Gasteiger partial charge on any atom is -0.462 e. The van der Waals surface area contributed by atoms with E-state index in [2.05, 4.69) is 27.5 Å². The summed E-state index contributed by atoms with van der Waals surface area (Å²) in [6.45, 7) is 7.10. The van der Waals surface area contributed by atoms with E-state index in [4.69, 9.17) is 4.74 Å². The van der Waals surface area contributed by atoms with Gasteiger partial charge in [0.2, 0.25) is 5.95 Å². The normalized spacial score (nSPS) is 22.4. The van der Waals surface area contributed by atoms with Gasteiger partial charge < -0.3 is 15.4 Å². The molecule has 6 nitrogen and oxygen atoms in total. The first kappa shape index (κ1) is 14.7. The number of hydrogen-bond donors (Lipinski definition) is 2. The highest BCUT2D eigenvalue weighted by molar-refractivity contribution is 5.90. The maximum absolute atomic E-state index is 11.7. The van der Waals surface area contributed by atoms with Crippen LogP contribution in [0.15, 0.2) is 6.20 Å². The van der Waals surface area contributed by atoms with Gasteiger partial charge in [-0.3, -0.25) is 0 Å². The lowest BCUT2D eigenvalue weighted by atomic mass is 10.0. The molecular weight excluding hydrogens is 256 g/mol. The molecule has 1 fully saturated rings. The fraction of sp³-hybridized carbons (Fsp3) is 0.643. The van der Waals surface area contributed by atoms with Crippen molar-refractivity contribution in [3.05, 3.63) is 17.5 Å². The molecule has 2 rings (SSSR count). The Hall–Kier alpha value is -1.69. The van der Waals surface area contributed by atoms with Crippen molar-refractivity contribution in [2.75, 3.05) is 18.5 Å². The SMILES string of the molecule is CCOC(=O)c1cnc(NC2CCNC(C)C2)nc1C. The third kappa shape index (κ3) is 3.66. The number of nitrogens with zero attached hydrogens (tertiary/aromatic N) is 2. The third-order valence-corrected chi connectivity index (χ3v) is 3.43. The molecule has 2 unspecified atom stereocenters. The van der Waals surface area contributed by atoms with E-state index in [-0.39, 0.29) is 5.97 Å². The summed E-state index contributed by atoms with van der Waals surface area (Å²) >= 11 is 0. The average Bonchev–Trinajstić information content (AvgIpc) is 2.39. The summed E-state index contributed by atoms with van der Waals surface area (Å²) in [5.74, 6) is 0.210. The second kappa shape index (κ2) is 6.65. The van der Waals surface area contributed by atoms with Crippen molar-refractivity contribution in [2.24, 2.45) is 0 Å². The first-order valence-electron chi connectivity index (χ1n) is 7.10. The van der Waals surface area contributed by atoms with Crippen LogP contribution >= 0.6 is 0 Å². The quantitative estimate of drug-likeness (QED) is 0.813. The summed E-state index contributed by atoms with van der Waals surface area (Å²) in [7, 11) is 0. The van der Waals surface area contributed by atoms with Crippen molar-refractivity contribution in [3.8, 4) is 0 Å². The van der Waals surface area contributed by atoms with E-state index in [1.807, 2.05) is 0 Å². The molecule has 2 heterocycles. The van der Waals surface area contributed by atoms with Crippen LogP contribution in [0.3, 0.4) is 0 Å². The number of hydrogen-bond acceptors (Lipinski definition) is 6. The van der Waals surface area contributed by atoms with Crippen LogP contribution in [0.4, 0.5) is 5.95 Å². The summed E-state index contributed by atoms with van der Waals surface area (Å²) in [6.07, 6.45) is 3.63. The zero-order valence-electron chi connectivity index (χ0n) is 12.3. The van der Waals surface area contributed by atoms with E-state index in [1.165, 1.54) is 6.20 Å². The molecule has 0 radical (unpaired) electrons. The largest absolute Gasteiger partial charge is 0.462 e. The Kier molecular flexibility index (Phi) is 4.89. The van der Waals surface area contributed by atoms with Gasteiger partial charge in [0.15, 0.2) is 0 Å². The number of aromatic nitrogens is 2. The molecule has 20 heavy (non-hydrogen) atoms. The molecule has 110 valence electrons. The average molecular weight is 278 g/mol. The summed E-state index contributed by atoms with van der Waals surface area (Å²) in [6, 6.07) is 0.875. The number of piperidine rings is 1. The Bertz CT molecular complexity index is 478. The van der Waals surface area contributed by atoms with Crippen LogP contribution in [0.2, 0.25) is 0 Å². The molecule has 1 aliphatic rings. The van der Waals surface area contributed by atoms with Gasteiger partial charge in [-0.05, 0) is 40.2 Å². The molecule has 6 heteroatoms. The molecule has 0 aromatic carbocycles. The van der Waals surface area contributed by atoms with Crippen molar-refractivity contribution in [2.45, 2.75) is 45.7 Å². The molecular formula is C14H22N4O2. The first-order chi connectivity index (χ1) is 9.60. The van der Waals surface area contributed by atoms with Crippen LogP contribution in [0.1, 0.15) is 42.7 Å². The fourth-order valence-electron chi connectivity index (χ4n) is 2.39. The van der Waals surface area contributed by atoms with E-state index in [0.29, 0.717) is 35.9 Å². The first-order valence-corrected chi connectivity index (χ1v) is 7.10. The van der Waals surface area contributed by atoms with Gasteiger partial charge in [0.05, 0.1) is 17.9 Å². The predicted octanol–water partition coefficient (Wildman–Crippen LogP) is 1.51. The third-order valence-electron chi connectivity index (χ3n) is 3.43. The maximum atomic E-state index is 11.7. The second-order valence-corrected chi connectivity index (χ2v) is 5.13. The lowest BCUT2D eigenvalue weighted by Gasteiger charge is -2.28. The smallest absolute Gasteiger partial charge is 0.341 e. The monoisotopic (exact) mass is 278 g/mol. The Morgan fingerprint density at radius 1 is 1.60 bits per heavy atom. The zero-order valence-corrected chi connectivity index (χ0v) is 12.3. The molecule has 1 aliphatic heterocycles. The number of rotatable bonds is 4. The maximum Gasteiger partial charge on any atom is 0.341 e. The van der Waals surface area contributed by atoms with E-state index < -0.39 is 0 Å². The van der Waals surface area contributed by atoms with E-state index in [1.54, 1.807) is 13.8 Å². The highest BCUT2D eigenvalue weighted by Gasteiger charge is 2.19. The molecule has 0 saturated carbocycles. The van der Waals surface area contributed by atoms with Gasteiger partial charge in [0.1, 0.15) is 0 Å². The molecule has 1 aromatic heterocycles. The minimum absolute atomic E-state index is 0.352. The van der Waals surface area contributed by atoms with Gasteiger partial charge in [-0.15, -0.1) is 0 Å². The van der Waals surface area contributed by atoms with Crippen molar-refractivity contribution in [3.63, 3.8) is 0 Å². The van der Waals surface area contributed by atoms with Gasteiger partial charge in [0.25, 0.3) is 0 Å². The number of nitrogens with one attached hydrogen (secondary N) is 2. The lowest BCUT2D eigenvalue weighted by Crippen LogP contribution is -2.41. The Morgan fingerprint density at radius 3 is 3.05 bits per heavy atom. The van der Waals surface area contributed by atoms with Crippen molar-refractivity contribution in [1.82, 2.24) is 15.3 Å². The standard InChI is InChI=1S/C14H22N4O2/c1-4-20-13(19)12-8-16-14(17-10(12)3)18-11-5-6-15-9(2)7-11/h8-9,11,15H,4-7H2,1-3H3,(H,16,17,18). The number of ether oxygens (including phenoxy) is 1. The topological polar surface area (TPSA) is 76.1 Å². The summed E-state index contributed by atoms with van der Waals surface area (Å²) in [5, 5.41) is 6.74. The molecule has 1 aromatic rings. The van der Waals surface area contributed by atoms with E-state index in [0.717, 1.165) is 19.4 Å². The second-order valence-electron chi connectivity index (χ2n) is 5.13. The van der Waals surface area contributed by atoms with Gasteiger partial charge in [-0.1, -0.05) is 0 Å². The molecule has 0 amide bonds. The van der Waals surface area contributed by atoms with Gasteiger partial charge in [-0.25, -0.2) is 14.8 Å². The highest BCUT2D eigenvalue weighted by atomic mass is 16.5. The number of aryl methyl sites for hydroxylation is 1. The van der Waals surface area contributed by atoms with Crippen molar-refractivity contribution >= 4 is 11.9 Å². The van der Waals surface area contributed by atoms with Crippen LogP contribution in [-0.4, -0.2) is 41.2 Å². The Balaban J connectivity index is 2.03. The molecule has 1 saturated heterocycles. The highest BCUT2D eigenvalue weighted by Crippen LogP contribution is 2.14. The summed E-state index contributed by atoms with van der Waals surface area (Å²) < 4.78 is 4.97. The van der Waals surface area contributed by atoms with Gasteiger partial charge in [0, 0.05) is 18.3 Å². The number of anilines is 1. The van der Waals surface area contributed by atoms with Gasteiger partial charge >= 0.3 is 5.97 Å². The van der Waals surface area contributed by atoms with E-state index >= 15 is 0 Å². The van der Waals surface area contributed by atoms with Crippen LogP contribution < -0.4 is 10.6 Å². The number of carbonyl (C=O) groups excluding carboxylic acids is 1. The van der Waals surface area contributed by atoms with Gasteiger partial charge in [-0.2, -0.15) is 0 Å². The minimum atomic E-state index is -0.368. The van der Waals surface area contributed by atoms with Crippen molar-refractivity contribution in [1.29, 1.82) is 0 Å². The number of carbonyl (C=O) groups is 1. The number of esters is 1. The molecule has 0 aliphatic carbocycles. The molecule has 0 bridgehead atoms. The molecule has 2 atom stereocenters. The van der Waals surface area contributed by atoms with Crippen LogP contribution in [-0.2, 0) is 4.74 Å². The van der Waals surface area contributed by atoms with Crippen LogP contribution in [0.5, 0.6) is 0 Å². The zero-order chi connectivity index (χ0) is 14.5. The molecule has 0 spiro atoms. The fourth-order valence-corrected chi connectivity index (χ4v) is 2.39. The predicted molar refractivity (Wildman–Crippen MR) is 76.8 cm³/mol. The van der Waals surface area contributed by atoms with E-state index in [9.17, 15) is 4.79 Å². The Labute approximate surface area is 119 Å². The molecule has 2 N–H and O–H groups in total. The van der Waals surface area contributed by atoms with Crippen LogP contribution in [0, 0.1) is 6.92 Å². The summed E-state index contributed by atoms with van der Waals surface area (Å²) in [5.41, 5.74) is 1.07.